The van der Waals surface area contributed by atoms with Gasteiger partial charge in [-0.25, -0.2) is 13.1 Å². The number of likely N-dealkylation sites (tertiary alicyclic amines) is 1. The van der Waals surface area contributed by atoms with Gasteiger partial charge in [-0.2, -0.15) is 11.8 Å². The van der Waals surface area contributed by atoms with Crippen LogP contribution >= 0.6 is 11.8 Å². The van der Waals surface area contributed by atoms with E-state index in [1.807, 2.05) is 11.8 Å². The highest BCUT2D eigenvalue weighted by Crippen LogP contribution is 2.19. The van der Waals surface area contributed by atoms with Crippen LogP contribution < -0.4 is 4.72 Å². The molecular weight excluding hydrogens is 244 g/mol. The Bertz CT molecular complexity index is 293. The zero-order valence-electron chi connectivity index (χ0n) is 10.1. The van der Waals surface area contributed by atoms with Gasteiger partial charge in [0.15, 0.2) is 0 Å². The van der Waals surface area contributed by atoms with Crippen molar-refractivity contribution in [2.45, 2.75) is 12.8 Å². The van der Waals surface area contributed by atoms with Gasteiger partial charge in [0.1, 0.15) is 0 Å². The van der Waals surface area contributed by atoms with Gasteiger partial charge in [-0.1, -0.05) is 0 Å². The molecule has 0 unspecified atom stereocenters. The predicted molar refractivity (Wildman–Crippen MR) is 70.4 cm³/mol. The maximum absolute atomic E-state index is 10.8. The lowest BCUT2D eigenvalue weighted by Gasteiger charge is -2.15. The van der Waals surface area contributed by atoms with E-state index < -0.39 is 10.0 Å². The van der Waals surface area contributed by atoms with Crippen molar-refractivity contribution in [3.05, 3.63) is 0 Å². The molecule has 1 atom stereocenters. The molecule has 6 heteroatoms. The minimum atomic E-state index is -3.01. The van der Waals surface area contributed by atoms with Crippen LogP contribution in [0.25, 0.3) is 0 Å². The van der Waals surface area contributed by atoms with E-state index in [1.165, 1.54) is 31.5 Å². The number of rotatable bonds is 7. The van der Waals surface area contributed by atoms with Crippen molar-refractivity contribution in [3.63, 3.8) is 0 Å². The van der Waals surface area contributed by atoms with Gasteiger partial charge < -0.3 is 4.90 Å². The molecule has 0 radical (unpaired) electrons. The third-order valence-electron chi connectivity index (χ3n) is 2.79. The highest BCUT2D eigenvalue weighted by molar-refractivity contribution is 7.98. The Morgan fingerprint density at radius 2 is 2.25 bits per heavy atom. The third kappa shape index (κ3) is 6.08. The normalized spacial score (nSPS) is 22.8. The Kier molecular flexibility index (Phi) is 6.10. The van der Waals surface area contributed by atoms with Gasteiger partial charge in [0.05, 0.1) is 6.26 Å². The Balaban J connectivity index is 2.07. The van der Waals surface area contributed by atoms with Crippen molar-refractivity contribution in [1.29, 1.82) is 0 Å². The van der Waals surface area contributed by atoms with Gasteiger partial charge in [0.2, 0.25) is 10.0 Å². The van der Waals surface area contributed by atoms with E-state index in [-0.39, 0.29) is 0 Å². The van der Waals surface area contributed by atoms with Gasteiger partial charge in [-0.15, -0.1) is 0 Å². The first kappa shape index (κ1) is 14.3. The Labute approximate surface area is 103 Å². The molecule has 1 heterocycles. The molecule has 0 aromatic heterocycles. The Hall–Kier alpha value is 0.220. The number of nitrogens with one attached hydrogen (secondary N) is 1. The average molecular weight is 266 g/mol. The number of thioether (sulfide) groups is 1. The Morgan fingerprint density at radius 3 is 2.88 bits per heavy atom. The van der Waals surface area contributed by atoms with Crippen LogP contribution in [-0.4, -0.2) is 57.8 Å². The maximum Gasteiger partial charge on any atom is 0.208 e. The molecular formula is C10H22N2O2S2. The minimum Gasteiger partial charge on any atom is -0.303 e. The van der Waals surface area contributed by atoms with Crippen LogP contribution in [0.15, 0.2) is 0 Å². The third-order valence-corrected chi connectivity index (χ3v) is 4.32. The van der Waals surface area contributed by atoms with Gasteiger partial charge >= 0.3 is 0 Å². The van der Waals surface area contributed by atoms with E-state index in [9.17, 15) is 8.42 Å². The number of nitrogens with zero attached hydrogens (tertiary/aromatic N) is 1. The molecule has 0 aliphatic carbocycles. The number of hydrogen-bond donors (Lipinski definition) is 1. The summed E-state index contributed by atoms with van der Waals surface area (Å²) in [6, 6.07) is 0. The lowest BCUT2D eigenvalue weighted by atomic mass is 10.2. The van der Waals surface area contributed by atoms with Crippen LogP contribution in [0.4, 0.5) is 0 Å². The van der Waals surface area contributed by atoms with Crippen molar-refractivity contribution >= 4 is 21.8 Å². The summed E-state index contributed by atoms with van der Waals surface area (Å²) in [6.07, 6.45) is 5.55. The fourth-order valence-corrected chi connectivity index (χ4v) is 3.31. The predicted octanol–water partition coefficient (Wildman–Crippen LogP) is 0.611. The lowest BCUT2D eigenvalue weighted by molar-refractivity contribution is 0.324. The molecule has 0 spiro atoms. The largest absolute Gasteiger partial charge is 0.303 e. The standard InChI is InChI=1S/C10H22N2O2S2/c1-15-9-10-4-7-12(8-10)6-3-5-11-16(2,13)14/h10-11H,3-9H2,1-2H3/t10-/m0/s1. The van der Waals surface area contributed by atoms with Crippen molar-refractivity contribution in [2.24, 2.45) is 5.92 Å². The monoisotopic (exact) mass is 266 g/mol. The van der Waals surface area contributed by atoms with Gasteiger partial charge in [-0.3, -0.25) is 0 Å². The molecule has 0 aromatic rings. The first-order valence-electron chi connectivity index (χ1n) is 5.67. The van der Waals surface area contributed by atoms with E-state index in [1.54, 1.807) is 0 Å². The molecule has 4 nitrogen and oxygen atoms in total. The summed E-state index contributed by atoms with van der Waals surface area (Å²) in [5, 5.41) is 0. The molecule has 0 saturated carbocycles. The molecule has 1 N–H and O–H groups in total. The van der Waals surface area contributed by atoms with Crippen molar-refractivity contribution in [2.75, 3.05) is 44.4 Å². The first-order valence-corrected chi connectivity index (χ1v) is 8.95. The fourth-order valence-electron chi connectivity index (χ4n) is 2.05. The molecule has 0 bridgehead atoms. The molecule has 16 heavy (non-hydrogen) atoms. The van der Waals surface area contributed by atoms with Crippen molar-refractivity contribution in [3.8, 4) is 0 Å². The van der Waals surface area contributed by atoms with E-state index in [0.717, 1.165) is 18.9 Å². The Morgan fingerprint density at radius 1 is 1.50 bits per heavy atom. The highest BCUT2D eigenvalue weighted by atomic mass is 32.2. The van der Waals surface area contributed by atoms with E-state index in [0.29, 0.717) is 6.54 Å². The molecule has 1 aliphatic rings. The summed E-state index contributed by atoms with van der Waals surface area (Å²) in [6.45, 7) is 3.92. The van der Waals surface area contributed by atoms with Crippen LogP contribution in [0.1, 0.15) is 12.8 Å². The van der Waals surface area contributed by atoms with Crippen LogP contribution in [0.5, 0.6) is 0 Å². The molecule has 1 fully saturated rings. The molecule has 1 aliphatic heterocycles. The average Bonchev–Trinajstić information content (AvgIpc) is 2.60. The molecule has 0 aromatic carbocycles. The number of sulfonamides is 1. The quantitative estimate of drug-likeness (QED) is 0.686. The van der Waals surface area contributed by atoms with Gasteiger partial charge in [0.25, 0.3) is 0 Å². The van der Waals surface area contributed by atoms with Gasteiger partial charge in [-0.05, 0) is 43.9 Å². The summed E-state index contributed by atoms with van der Waals surface area (Å²) in [7, 11) is -3.01. The topological polar surface area (TPSA) is 49.4 Å². The smallest absolute Gasteiger partial charge is 0.208 e. The molecule has 96 valence electrons. The highest BCUT2D eigenvalue weighted by Gasteiger charge is 2.21. The van der Waals surface area contributed by atoms with Crippen LogP contribution in [-0.2, 0) is 10.0 Å². The molecule has 1 rings (SSSR count). The SMILES string of the molecule is CSC[C@H]1CCN(CCCNS(C)(=O)=O)C1. The van der Waals surface area contributed by atoms with Crippen LogP contribution in [0.3, 0.4) is 0 Å². The maximum atomic E-state index is 10.8. The number of hydrogen-bond acceptors (Lipinski definition) is 4. The van der Waals surface area contributed by atoms with E-state index in [2.05, 4.69) is 15.9 Å². The fraction of sp³-hybridized carbons (Fsp3) is 1.00. The summed E-state index contributed by atoms with van der Waals surface area (Å²) in [4.78, 5) is 2.44. The van der Waals surface area contributed by atoms with Crippen molar-refractivity contribution < 1.29 is 8.42 Å². The summed E-state index contributed by atoms with van der Waals surface area (Å²) < 4.78 is 24.2. The molecule has 0 amide bonds. The summed E-state index contributed by atoms with van der Waals surface area (Å²) in [5.41, 5.74) is 0. The zero-order chi connectivity index (χ0) is 12.0. The van der Waals surface area contributed by atoms with Crippen LogP contribution in [0.2, 0.25) is 0 Å². The summed E-state index contributed by atoms with van der Waals surface area (Å²) in [5.74, 6) is 2.08. The van der Waals surface area contributed by atoms with E-state index >= 15 is 0 Å². The zero-order valence-corrected chi connectivity index (χ0v) is 11.7. The summed E-state index contributed by atoms with van der Waals surface area (Å²) >= 11 is 1.91. The second-order valence-corrected chi connectivity index (χ2v) is 7.17. The molecule has 1 saturated heterocycles. The van der Waals surface area contributed by atoms with Gasteiger partial charge in [0, 0.05) is 13.1 Å². The van der Waals surface area contributed by atoms with Crippen LogP contribution in [0, 0.1) is 5.92 Å². The lowest BCUT2D eigenvalue weighted by Crippen LogP contribution is -2.28. The second kappa shape index (κ2) is 6.83. The second-order valence-electron chi connectivity index (χ2n) is 4.43. The van der Waals surface area contributed by atoms with Crippen molar-refractivity contribution in [1.82, 2.24) is 9.62 Å². The first-order chi connectivity index (χ1) is 7.51. The minimum absolute atomic E-state index is 0.558. The van der Waals surface area contributed by atoms with E-state index in [4.69, 9.17) is 0 Å².